The van der Waals surface area contributed by atoms with Crippen LogP contribution in [0, 0.1) is 12.3 Å². The average molecular weight is 548 g/mol. The van der Waals surface area contributed by atoms with Gasteiger partial charge in [-0.3, -0.25) is 4.79 Å². The molecule has 4 rings (SSSR count). The Balaban J connectivity index is 1.90. The monoisotopic (exact) mass is 547 g/mol. The van der Waals surface area contributed by atoms with Crippen LogP contribution in [0.15, 0.2) is 59.5 Å². The minimum atomic E-state index is -0.837. The minimum Gasteiger partial charge on any atom is -0.464 e. The second-order valence-electron chi connectivity index (χ2n) is 12.1. The lowest BCUT2D eigenvalue weighted by atomic mass is 9.76. The third kappa shape index (κ3) is 6.98. The van der Waals surface area contributed by atoms with Crippen molar-refractivity contribution in [3.05, 3.63) is 86.7 Å². The maximum Gasteiger partial charge on any atom is 0.340 e. The number of rotatable bonds is 8. The molecule has 1 aromatic carbocycles. The fourth-order valence-electron chi connectivity index (χ4n) is 5.06. The third-order valence-corrected chi connectivity index (χ3v) is 8.27. The summed E-state index contributed by atoms with van der Waals surface area (Å²) in [5, 5.41) is 0. The highest BCUT2D eigenvalue weighted by atomic mass is 32.1. The molecule has 2 heterocycles. The number of pyridine rings is 1. The highest BCUT2D eigenvalue weighted by Gasteiger charge is 2.36. The van der Waals surface area contributed by atoms with Crippen LogP contribution in [0.3, 0.4) is 0 Å². The average Bonchev–Trinajstić information content (AvgIpc) is 3.21. The molecule has 5 nitrogen and oxygen atoms in total. The van der Waals surface area contributed by atoms with E-state index < -0.39 is 11.7 Å². The Labute approximate surface area is 236 Å². The van der Waals surface area contributed by atoms with E-state index in [9.17, 15) is 9.59 Å². The first kappa shape index (κ1) is 29.0. The zero-order valence-electron chi connectivity index (χ0n) is 24.3. The maximum atomic E-state index is 13.4. The van der Waals surface area contributed by atoms with Crippen molar-refractivity contribution in [2.24, 2.45) is 5.41 Å². The van der Waals surface area contributed by atoms with Gasteiger partial charge < -0.3 is 14.0 Å². The van der Waals surface area contributed by atoms with Crippen LogP contribution >= 0.6 is 11.3 Å². The summed E-state index contributed by atoms with van der Waals surface area (Å²) in [6.07, 6.45) is 6.38. The van der Waals surface area contributed by atoms with Gasteiger partial charge in [0.2, 0.25) is 0 Å². The number of carbonyl (C=O) groups excluding carboxylic acids is 1. The summed E-state index contributed by atoms with van der Waals surface area (Å²) in [4.78, 5) is 28.3. The van der Waals surface area contributed by atoms with Crippen LogP contribution in [0.5, 0.6) is 0 Å². The Kier molecular flexibility index (Phi) is 8.67. The number of ether oxygens (including phenoxy) is 2. The van der Waals surface area contributed by atoms with E-state index in [0.29, 0.717) is 6.54 Å². The number of esters is 1. The Hall–Kier alpha value is -2.96. The van der Waals surface area contributed by atoms with E-state index >= 15 is 0 Å². The molecule has 1 atom stereocenters. The minimum absolute atomic E-state index is 0.0447. The second kappa shape index (κ2) is 11.6. The second-order valence-corrected chi connectivity index (χ2v) is 13.3. The summed E-state index contributed by atoms with van der Waals surface area (Å²) in [5.74, 6) is -0.369. The standard InChI is InChI=1S/C33H41NO4S/c1-8-37-31(36)29(38-32(3,4)5)27-22(2)39-30(28(27)24-16-18-33(6,7)19-17-24)25-14-15-26(35)34(21-25)20-23-12-10-9-11-13-23/h9-16,21,29H,8,17-20H2,1-7H3. The van der Waals surface area contributed by atoms with Crippen molar-refractivity contribution >= 4 is 22.9 Å². The molecule has 0 aliphatic heterocycles. The van der Waals surface area contributed by atoms with E-state index in [-0.39, 0.29) is 23.6 Å². The number of benzene rings is 1. The molecule has 2 aromatic heterocycles. The molecule has 0 N–H and O–H groups in total. The highest BCUT2D eigenvalue weighted by molar-refractivity contribution is 7.16. The first-order valence-electron chi connectivity index (χ1n) is 13.8. The summed E-state index contributed by atoms with van der Waals surface area (Å²) in [6, 6.07) is 13.5. The van der Waals surface area contributed by atoms with Crippen LogP contribution in [0.2, 0.25) is 0 Å². The predicted molar refractivity (Wildman–Crippen MR) is 160 cm³/mol. The van der Waals surface area contributed by atoms with Gasteiger partial charge in [-0.15, -0.1) is 11.3 Å². The number of carbonyl (C=O) groups is 1. The summed E-state index contributed by atoms with van der Waals surface area (Å²) >= 11 is 1.65. The van der Waals surface area contributed by atoms with E-state index in [4.69, 9.17) is 9.47 Å². The normalized spacial score (nSPS) is 16.0. The Bertz CT molecular complexity index is 1410. The van der Waals surface area contributed by atoms with Crippen LogP contribution in [0.1, 0.15) is 88.5 Å². The van der Waals surface area contributed by atoms with Crippen molar-refractivity contribution in [2.45, 2.75) is 86.0 Å². The lowest BCUT2D eigenvalue weighted by molar-refractivity contribution is -0.166. The van der Waals surface area contributed by atoms with Crippen LogP contribution < -0.4 is 5.56 Å². The smallest absolute Gasteiger partial charge is 0.340 e. The van der Waals surface area contributed by atoms with Crippen LogP contribution in [0.25, 0.3) is 16.0 Å². The summed E-state index contributed by atoms with van der Waals surface area (Å²) in [6.45, 7) is 15.1. The Morgan fingerprint density at radius 1 is 1.13 bits per heavy atom. The molecule has 1 aliphatic carbocycles. The van der Waals surface area contributed by atoms with Crippen molar-refractivity contribution in [3.8, 4) is 10.4 Å². The van der Waals surface area contributed by atoms with Gasteiger partial charge in [0.05, 0.1) is 18.8 Å². The first-order chi connectivity index (χ1) is 18.4. The van der Waals surface area contributed by atoms with Crippen molar-refractivity contribution < 1.29 is 14.3 Å². The molecule has 208 valence electrons. The lowest BCUT2D eigenvalue weighted by Crippen LogP contribution is -2.29. The molecule has 0 bridgehead atoms. The molecule has 0 saturated carbocycles. The van der Waals surface area contributed by atoms with Crippen LogP contribution in [0.4, 0.5) is 0 Å². The predicted octanol–water partition coefficient (Wildman–Crippen LogP) is 7.95. The number of hydrogen-bond donors (Lipinski definition) is 0. The van der Waals surface area contributed by atoms with E-state index in [1.807, 2.05) is 70.3 Å². The van der Waals surface area contributed by atoms with Gasteiger partial charge in [0.15, 0.2) is 6.10 Å². The highest BCUT2D eigenvalue weighted by Crippen LogP contribution is 2.48. The lowest BCUT2D eigenvalue weighted by Gasteiger charge is -2.31. The maximum absolute atomic E-state index is 13.4. The van der Waals surface area contributed by atoms with Gasteiger partial charge in [0, 0.05) is 38.7 Å². The van der Waals surface area contributed by atoms with Crippen molar-refractivity contribution in [1.29, 1.82) is 0 Å². The third-order valence-electron chi connectivity index (χ3n) is 7.10. The molecule has 0 radical (unpaired) electrons. The number of aryl methyl sites for hydroxylation is 1. The fraction of sp³-hybridized carbons (Fsp3) is 0.455. The molecule has 0 amide bonds. The largest absolute Gasteiger partial charge is 0.464 e. The SMILES string of the molecule is CCOC(=O)C(OC(C)(C)C)c1c(C)sc(-c2ccc(=O)n(Cc3ccccc3)c2)c1C1=CCC(C)(C)CC1. The van der Waals surface area contributed by atoms with E-state index in [1.165, 1.54) is 5.57 Å². The molecule has 0 saturated heterocycles. The summed E-state index contributed by atoms with van der Waals surface area (Å²) in [7, 11) is 0. The first-order valence-corrected chi connectivity index (χ1v) is 14.6. The van der Waals surface area contributed by atoms with Crippen LogP contribution in [-0.2, 0) is 20.8 Å². The molecule has 39 heavy (non-hydrogen) atoms. The molecule has 6 heteroatoms. The number of hydrogen-bond acceptors (Lipinski definition) is 5. The van der Waals surface area contributed by atoms with Gasteiger partial charge in [0.25, 0.3) is 5.56 Å². The van der Waals surface area contributed by atoms with Gasteiger partial charge in [0.1, 0.15) is 0 Å². The topological polar surface area (TPSA) is 57.5 Å². The summed E-state index contributed by atoms with van der Waals surface area (Å²) in [5.41, 5.74) is 4.85. The van der Waals surface area contributed by atoms with Gasteiger partial charge >= 0.3 is 5.97 Å². The molecule has 0 fully saturated rings. The molecular weight excluding hydrogens is 506 g/mol. The zero-order valence-corrected chi connectivity index (χ0v) is 25.1. The van der Waals surface area contributed by atoms with Crippen molar-refractivity contribution in [2.75, 3.05) is 6.61 Å². The fourth-order valence-corrected chi connectivity index (χ4v) is 6.27. The van der Waals surface area contributed by atoms with Gasteiger partial charge in [-0.2, -0.15) is 0 Å². The van der Waals surface area contributed by atoms with E-state index in [1.54, 1.807) is 22.0 Å². The molecule has 3 aromatic rings. The molecule has 0 spiro atoms. The van der Waals surface area contributed by atoms with Gasteiger partial charge in [-0.1, -0.05) is 50.3 Å². The van der Waals surface area contributed by atoms with Crippen molar-refractivity contribution in [3.63, 3.8) is 0 Å². The molecule has 1 aliphatic rings. The van der Waals surface area contributed by atoms with Crippen LogP contribution in [-0.4, -0.2) is 22.7 Å². The number of thiophene rings is 1. The Morgan fingerprint density at radius 2 is 1.85 bits per heavy atom. The molecule has 1 unspecified atom stereocenters. The number of aromatic nitrogens is 1. The van der Waals surface area contributed by atoms with E-state index in [0.717, 1.165) is 51.3 Å². The molecular formula is C33H41NO4S. The number of nitrogens with zero attached hydrogens (tertiary/aromatic N) is 1. The zero-order chi connectivity index (χ0) is 28.4. The summed E-state index contributed by atoms with van der Waals surface area (Å²) < 4.78 is 13.7. The van der Waals surface area contributed by atoms with Gasteiger partial charge in [-0.05, 0) is 76.5 Å². The quantitative estimate of drug-likeness (QED) is 0.269. The van der Waals surface area contributed by atoms with Gasteiger partial charge in [-0.25, -0.2) is 4.79 Å². The number of allylic oxidation sites excluding steroid dienone is 2. The van der Waals surface area contributed by atoms with Crippen molar-refractivity contribution in [1.82, 2.24) is 4.57 Å². The Morgan fingerprint density at radius 3 is 2.46 bits per heavy atom. The van der Waals surface area contributed by atoms with E-state index in [2.05, 4.69) is 26.8 Å².